The maximum Gasteiger partial charge on any atom is 0.275 e. The summed E-state index contributed by atoms with van der Waals surface area (Å²) in [4.78, 5) is 24.3. The van der Waals surface area contributed by atoms with Crippen LogP contribution in [0.25, 0.3) is 11.1 Å². The normalized spacial score (nSPS) is 14.7. The Morgan fingerprint density at radius 1 is 1.06 bits per heavy atom. The lowest BCUT2D eigenvalue weighted by Gasteiger charge is -2.30. The average Bonchev–Trinajstić information content (AvgIpc) is 3.37. The number of carbonyl (C=O) groups is 1. The number of benzene rings is 2. The molecule has 2 aromatic heterocycles. The molecular formula is C27H25FN4OS. The Balaban J connectivity index is 1.22. The van der Waals surface area contributed by atoms with E-state index < -0.39 is 0 Å². The van der Waals surface area contributed by atoms with Crippen LogP contribution in [0, 0.1) is 5.82 Å². The zero-order valence-electron chi connectivity index (χ0n) is 18.7. The number of hydrogen-bond donors (Lipinski definition) is 1. The number of thiazole rings is 1. The number of aromatic nitrogens is 2. The van der Waals surface area contributed by atoms with Crippen molar-refractivity contribution < 1.29 is 9.18 Å². The van der Waals surface area contributed by atoms with Crippen LogP contribution >= 0.6 is 11.3 Å². The first-order valence-corrected chi connectivity index (χ1v) is 12.3. The van der Waals surface area contributed by atoms with Gasteiger partial charge in [0.05, 0.1) is 5.01 Å². The van der Waals surface area contributed by atoms with E-state index in [1.54, 1.807) is 29.7 Å². The minimum atomic E-state index is -0.289. The lowest BCUT2D eigenvalue weighted by molar-refractivity contribution is 0.102. The second kappa shape index (κ2) is 10.2. The molecule has 34 heavy (non-hydrogen) atoms. The van der Waals surface area contributed by atoms with Gasteiger partial charge >= 0.3 is 0 Å². The van der Waals surface area contributed by atoms with E-state index in [2.05, 4.69) is 26.3 Å². The maximum absolute atomic E-state index is 13.3. The summed E-state index contributed by atoms with van der Waals surface area (Å²) in [6.07, 6.45) is 5.78. The molecule has 3 heterocycles. The third kappa shape index (κ3) is 5.21. The fraction of sp³-hybridized carbons (Fsp3) is 0.222. The molecule has 2 aromatic carbocycles. The van der Waals surface area contributed by atoms with Gasteiger partial charge < -0.3 is 5.32 Å². The number of piperidine rings is 1. The van der Waals surface area contributed by atoms with Crippen molar-refractivity contribution in [2.75, 3.05) is 18.4 Å². The van der Waals surface area contributed by atoms with Crippen LogP contribution in [0.3, 0.4) is 0 Å². The van der Waals surface area contributed by atoms with E-state index in [0.29, 0.717) is 17.3 Å². The first kappa shape index (κ1) is 22.4. The zero-order valence-corrected chi connectivity index (χ0v) is 19.5. The van der Waals surface area contributed by atoms with Crippen LogP contribution < -0.4 is 5.32 Å². The molecule has 5 nitrogen and oxygen atoms in total. The predicted molar refractivity (Wildman–Crippen MR) is 133 cm³/mol. The molecular weight excluding hydrogens is 447 g/mol. The smallest absolute Gasteiger partial charge is 0.275 e. The molecule has 0 aliphatic carbocycles. The number of pyridine rings is 1. The second-order valence-electron chi connectivity index (χ2n) is 8.49. The number of halogens is 1. The van der Waals surface area contributed by atoms with Crippen molar-refractivity contribution in [3.8, 4) is 11.1 Å². The largest absolute Gasteiger partial charge is 0.320 e. The number of anilines is 1. The van der Waals surface area contributed by atoms with Crippen LogP contribution in [0.4, 0.5) is 10.1 Å². The fourth-order valence-corrected chi connectivity index (χ4v) is 5.30. The molecule has 1 N–H and O–H groups in total. The standard InChI is InChI=1S/C27H25FN4OS/c28-22-9-7-20(8-10-22)23-5-1-2-6-24(23)30-26(33)25-18-34-27(31-25)21-11-14-32(15-12-21)17-19-4-3-13-29-16-19/h1-10,13,16,18,21H,11-12,14-15,17H2,(H,30,33). The maximum atomic E-state index is 13.3. The number of likely N-dealkylation sites (tertiary alicyclic amines) is 1. The van der Waals surface area contributed by atoms with Crippen molar-refractivity contribution >= 4 is 22.9 Å². The van der Waals surface area contributed by atoms with Crippen molar-refractivity contribution in [3.05, 3.63) is 101 Å². The van der Waals surface area contributed by atoms with E-state index in [-0.39, 0.29) is 11.7 Å². The highest BCUT2D eigenvalue weighted by Gasteiger charge is 2.24. The molecule has 172 valence electrons. The molecule has 0 unspecified atom stereocenters. The Morgan fingerprint density at radius 3 is 2.62 bits per heavy atom. The monoisotopic (exact) mass is 472 g/mol. The van der Waals surface area contributed by atoms with Gasteiger partial charge in [0.25, 0.3) is 5.91 Å². The van der Waals surface area contributed by atoms with E-state index >= 15 is 0 Å². The Hall–Kier alpha value is -3.42. The third-order valence-corrected chi connectivity index (χ3v) is 7.16. The number of nitrogens with zero attached hydrogens (tertiary/aromatic N) is 3. The first-order valence-electron chi connectivity index (χ1n) is 11.4. The lowest BCUT2D eigenvalue weighted by atomic mass is 9.97. The fourth-order valence-electron chi connectivity index (χ4n) is 4.33. The van der Waals surface area contributed by atoms with Gasteiger partial charge in [-0.2, -0.15) is 0 Å². The van der Waals surface area contributed by atoms with Crippen LogP contribution in [-0.4, -0.2) is 33.9 Å². The second-order valence-corrected chi connectivity index (χ2v) is 9.38. The number of hydrogen-bond acceptors (Lipinski definition) is 5. The molecule has 4 aromatic rings. The van der Waals surface area contributed by atoms with E-state index in [1.165, 1.54) is 17.7 Å². The van der Waals surface area contributed by atoms with Crippen LogP contribution in [0.2, 0.25) is 0 Å². The molecule has 0 spiro atoms. The molecule has 0 atom stereocenters. The van der Waals surface area contributed by atoms with Crippen molar-refractivity contribution in [2.45, 2.75) is 25.3 Å². The van der Waals surface area contributed by atoms with Crippen LogP contribution in [0.1, 0.15) is 39.8 Å². The zero-order chi connectivity index (χ0) is 23.3. The molecule has 0 bridgehead atoms. The van der Waals surface area contributed by atoms with Gasteiger partial charge in [-0.1, -0.05) is 36.4 Å². The van der Waals surface area contributed by atoms with Crippen molar-refractivity contribution in [1.82, 2.24) is 14.9 Å². The molecule has 0 saturated carbocycles. The van der Waals surface area contributed by atoms with E-state index in [4.69, 9.17) is 0 Å². The van der Waals surface area contributed by atoms with Crippen molar-refractivity contribution in [3.63, 3.8) is 0 Å². The summed E-state index contributed by atoms with van der Waals surface area (Å²) in [5.41, 5.74) is 4.03. The molecule has 5 rings (SSSR count). The van der Waals surface area contributed by atoms with Crippen molar-refractivity contribution in [1.29, 1.82) is 0 Å². The van der Waals surface area contributed by atoms with Crippen LogP contribution in [0.15, 0.2) is 78.4 Å². The third-order valence-electron chi connectivity index (χ3n) is 6.15. The summed E-state index contributed by atoms with van der Waals surface area (Å²) in [6, 6.07) is 17.9. The molecule has 1 fully saturated rings. The van der Waals surface area contributed by atoms with Gasteiger partial charge in [0.15, 0.2) is 0 Å². The number of carbonyl (C=O) groups excluding carboxylic acids is 1. The lowest BCUT2D eigenvalue weighted by Crippen LogP contribution is -2.32. The Kier molecular flexibility index (Phi) is 6.74. The van der Waals surface area contributed by atoms with Gasteiger partial charge in [-0.3, -0.25) is 14.7 Å². The Labute approximate surface area is 202 Å². The van der Waals surface area contributed by atoms with Gasteiger partial charge in [-0.15, -0.1) is 11.3 Å². The highest BCUT2D eigenvalue weighted by Crippen LogP contribution is 2.32. The van der Waals surface area contributed by atoms with Gasteiger partial charge in [0.1, 0.15) is 11.5 Å². The number of rotatable bonds is 6. The Bertz CT molecular complexity index is 1250. The number of amides is 1. The quantitative estimate of drug-likeness (QED) is 0.375. The van der Waals surface area contributed by atoms with Crippen LogP contribution in [-0.2, 0) is 6.54 Å². The average molecular weight is 473 g/mol. The highest BCUT2D eigenvalue weighted by molar-refractivity contribution is 7.10. The van der Waals surface area contributed by atoms with Gasteiger partial charge in [-0.25, -0.2) is 9.37 Å². The summed E-state index contributed by atoms with van der Waals surface area (Å²) in [5.74, 6) is -0.141. The first-order chi connectivity index (χ1) is 16.7. The molecule has 0 radical (unpaired) electrons. The predicted octanol–water partition coefficient (Wildman–Crippen LogP) is 5.98. The van der Waals surface area contributed by atoms with Crippen molar-refractivity contribution in [2.24, 2.45) is 0 Å². The summed E-state index contributed by atoms with van der Waals surface area (Å²) in [6.45, 7) is 2.93. The van der Waals surface area contributed by atoms with Gasteiger partial charge in [-0.05, 0) is 61.3 Å². The molecule has 1 amide bonds. The Morgan fingerprint density at radius 2 is 1.85 bits per heavy atom. The minimum Gasteiger partial charge on any atom is -0.320 e. The summed E-state index contributed by atoms with van der Waals surface area (Å²) < 4.78 is 13.3. The van der Waals surface area contributed by atoms with Crippen LogP contribution in [0.5, 0.6) is 0 Å². The number of para-hydroxylation sites is 1. The molecule has 1 saturated heterocycles. The van der Waals surface area contributed by atoms with E-state index in [9.17, 15) is 9.18 Å². The van der Waals surface area contributed by atoms with Gasteiger partial charge in [0, 0.05) is 41.5 Å². The summed E-state index contributed by atoms with van der Waals surface area (Å²) >= 11 is 1.56. The molecule has 1 aliphatic rings. The SMILES string of the molecule is O=C(Nc1ccccc1-c1ccc(F)cc1)c1csc(C2CCN(Cc3cccnc3)CC2)n1. The summed E-state index contributed by atoms with van der Waals surface area (Å²) in [5, 5.41) is 5.85. The summed E-state index contributed by atoms with van der Waals surface area (Å²) in [7, 11) is 0. The highest BCUT2D eigenvalue weighted by atomic mass is 32.1. The van der Waals surface area contributed by atoms with Gasteiger partial charge in [0.2, 0.25) is 0 Å². The minimum absolute atomic E-state index is 0.230. The van der Waals surface area contributed by atoms with E-state index in [0.717, 1.165) is 48.6 Å². The molecule has 1 aliphatic heterocycles. The molecule has 7 heteroatoms. The van der Waals surface area contributed by atoms with E-state index in [1.807, 2.05) is 41.9 Å². The topological polar surface area (TPSA) is 58.1 Å². The number of nitrogens with one attached hydrogen (secondary N) is 1.